The Labute approximate surface area is 403 Å². The number of amides is 2. The van der Waals surface area contributed by atoms with Gasteiger partial charge in [-0.3, -0.25) is 19.2 Å². The highest BCUT2D eigenvalue weighted by molar-refractivity contribution is 5.92. The first kappa shape index (κ1) is 51.9. The van der Waals surface area contributed by atoms with Crippen LogP contribution < -0.4 is 41.4 Å². The molecule has 12 nitrogen and oxygen atoms in total. The first-order chi connectivity index (χ1) is 31.5. The second-order valence-corrected chi connectivity index (χ2v) is 20.2. The number of fused-ring (bicyclic) bond motifs is 4. The molecule has 0 aromatic heterocycles. The third-order valence-corrected chi connectivity index (χ3v) is 11.0. The lowest BCUT2D eigenvalue weighted by Gasteiger charge is -2.31. The van der Waals surface area contributed by atoms with Crippen LogP contribution in [-0.2, 0) is 19.2 Å². The predicted molar refractivity (Wildman–Crippen MR) is 282 cm³/mol. The lowest BCUT2D eigenvalue weighted by molar-refractivity contribution is -0.132. The summed E-state index contributed by atoms with van der Waals surface area (Å²) in [4.78, 5) is 43.9. The monoisotopic (exact) mass is 923 g/mol. The Hall–Kier alpha value is -7.08. The zero-order valence-electron chi connectivity index (χ0n) is 42.7. The van der Waals surface area contributed by atoms with E-state index < -0.39 is 0 Å². The third-order valence-electron chi connectivity index (χ3n) is 11.0. The van der Waals surface area contributed by atoms with Crippen LogP contribution in [0.15, 0.2) is 97.1 Å². The van der Waals surface area contributed by atoms with E-state index in [1.165, 1.54) is 50.0 Å². The minimum atomic E-state index is -0.296. The lowest BCUT2D eigenvalue weighted by Crippen LogP contribution is -2.31. The summed E-state index contributed by atoms with van der Waals surface area (Å²) in [6.45, 7) is 31.2. The largest absolute Gasteiger partial charge is 0.427 e. The lowest BCUT2D eigenvalue weighted by atomic mass is 9.91. The quantitative estimate of drug-likeness (QED) is 0.0859. The van der Waals surface area contributed by atoms with Crippen LogP contribution >= 0.6 is 0 Å². The molecule has 0 bridgehead atoms. The van der Waals surface area contributed by atoms with Crippen LogP contribution in [0, 0.1) is 0 Å². The maximum Gasteiger partial charge on any atom is 0.308 e. The van der Waals surface area contributed by atoms with Gasteiger partial charge in [0.05, 0.1) is 22.2 Å². The van der Waals surface area contributed by atoms with Gasteiger partial charge in [0.25, 0.3) is 0 Å². The van der Waals surface area contributed by atoms with Crippen molar-refractivity contribution in [3.63, 3.8) is 0 Å². The number of carbonyl (C=O) groups is 4. The van der Waals surface area contributed by atoms with Crippen molar-refractivity contribution in [1.29, 1.82) is 0 Å². The Bertz CT molecular complexity index is 2380. The molecule has 0 radical (unpaired) electrons. The van der Waals surface area contributed by atoms with Gasteiger partial charge in [-0.25, -0.2) is 0 Å². The molecule has 68 heavy (non-hydrogen) atoms. The van der Waals surface area contributed by atoms with Crippen LogP contribution in [0.2, 0.25) is 0 Å². The van der Waals surface area contributed by atoms with E-state index in [0.29, 0.717) is 11.5 Å². The summed E-state index contributed by atoms with van der Waals surface area (Å²) in [5.41, 5.74) is 15.2. The number of benzene rings is 4. The van der Waals surface area contributed by atoms with E-state index >= 15 is 0 Å². The molecule has 8 rings (SSSR count). The summed E-state index contributed by atoms with van der Waals surface area (Å²) in [7, 11) is 0. The van der Waals surface area contributed by atoms with Crippen LogP contribution in [0.1, 0.15) is 133 Å². The van der Waals surface area contributed by atoms with E-state index in [1.54, 1.807) is 0 Å². The number of hydrogen-bond acceptors (Lipinski definition) is 10. The van der Waals surface area contributed by atoms with E-state index in [-0.39, 0.29) is 45.9 Å². The minimum absolute atomic E-state index is 0.0212. The van der Waals surface area contributed by atoms with Crippen molar-refractivity contribution < 1.29 is 28.7 Å². The van der Waals surface area contributed by atoms with Gasteiger partial charge >= 0.3 is 11.9 Å². The molecule has 0 unspecified atom stereocenters. The van der Waals surface area contributed by atoms with E-state index in [0.717, 1.165) is 56.4 Å². The Morgan fingerprint density at radius 3 is 0.897 bits per heavy atom. The molecule has 0 aliphatic carbocycles. The molecule has 6 N–H and O–H groups in total. The Morgan fingerprint density at radius 1 is 0.397 bits per heavy atom. The van der Waals surface area contributed by atoms with Crippen molar-refractivity contribution in [3.8, 4) is 11.5 Å². The molecule has 0 saturated carbocycles. The zero-order valence-corrected chi connectivity index (χ0v) is 42.7. The van der Waals surface area contributed by atoms with E-state index in [4.69, 9.17) is 9.47 Å². The standard InChI is InChI=1S/2C14H18N2O.2C14H17NO2/c2*1-9-8-14(3,4)16-13-6-5-11(7-12(9)13)15-10(2)17;2*1-9-8-14(3,4)15-13-6-5-11(7-12(9)13)17-10(2)16/h2*5-8,16H,1-4H3,(H,15,17);2*5-8,15H,1-4H3. The molecule has 4 aliphatic rings. The number of nitrogens with one attached hydrogen (secondary N) is 6. The Balaban J connectivity index is 0.000000169. The number of carbonyl (C=O) groups excluding carboxylic acids is 4. The first-order valence-corrected chi connectivity index (χ1v) is 22.9. The molecule has 0 atom stereocenters. The maximum absolute atomic E-state index is 11.0. The van der Waals surface area contributed by atoms with Crippen molar-refractivity contribution >= 4 is 80.2 Å². The number of hydrogen-bond donors (Lipinski definition) is 6. The number of anilines is 6. The maximum atomic E-state index is 11.0. The van der Waals surface area contributed by atoms with E-state index in [1.807, 2.05) is 72.8 Å². The molecule has 4 heterocycles. The molecule has 0 spiro atoms. The molecular formula is C56H70N6O6. The molecular weight excluding hydrogens is 853 g/mol. The second-order valence-electron chi connectivity index (χ2n) is 20.2. The number of esters is 2. The fraction of sp³-hybridized carbons (Fsp3) is 0.357. The van der Waals surface area contributed by atoms with Crippen molar-refractivity contribution in [1.82, 2.24) is 0 Å². The van der Waals surface area contributed by atoms with Gasteiger partial charge < -0.3 is 41.4 Å². The summed E-state index contributed by atoms with van der Waals surface area (Å²) in [6.07, 6.45) is 8.75. The Morgan fingerprint density at radius 2 is 0.647 bits per heavy atom. The van der Waals surface area contributed by atoms with Crippen LogP contribution in [0.3, 0.4) is 0 Å². The van der Waals surface area contributed by atoms with Gasteiger partial charge in [-0.1, -0.05) is 24.3 Å². The van der Waals surface area contributed by atoms with E-state index in [2.05, 4.69) is 139 Å². The van der Waals surface area contributed by atoms with Gasteiger partial charge in [0.2, 0.25) is 11.8 Å². The fourth-order valence-electron chi connectivity index (χ4n) is 8.91. The highest BCUT2D eigenvalue weighted by Gasteiger charge is 2.26. The van der Waals surface area contributed by atoms with Crippen LogP contribution in [0.5, 0.6) is 11.5 Å². The van der Waals surface area contributed by atoms with Gasteiger partial charge in [-0.15, -0.1) is 0 Å². The second kappa shape index (κ2) is 20.4. The molecule has 360 valence electrons. The van der Waals surface area contributed by atoms with Gasteiger partial charge in [0, 0.05) is 84.1 Å². The van der Waals surface area contributed by atoms with Gasteiger partial charge in [-0.05, 0) is 178 Å². The molecule has 0 fully saturated rings. The minimum Gasteiger partial charge on any atom is -0.427 e. The predicted octanol–water partition coefficient (Wildman–Crippen LogP) is 12.9. The topological polar surface area (TPSA) is 159 Å². The molecule has 12 heteroatoms. The van der Waals surface area contributed by atoms with Crippen LogP contribution in [0.25, 0.3) is 22.3 Å². The highest BCUT2D eigenvalue weighted by atomic mass is 16.5. The first-order valence-electron chi connectivity index (χ1n) is 22.9. The third kappa shape index (κ3) is 14.5. The normalized spacial score (nSPS) is 16.6. The van der Waals surface area contributed by atoms with Crippen molar-refractivity contribution in [2.45, 2.75) is 133 Å². The van der Waals surface area contributed by atoms with Crippen LogP contribution in [-0.4, -0.2) is 45.9 Å². The molecule has 0 saturated heterocycles. The summed E-state index contributed by atoms with van der Waals surface area (Å²) < 4.78 is 10.2. The number of ether oxygens (including phenoxy) is 2. The Kier molecular flexibility index (Phi) is 15.6. The average molecular weight is 923 g/mol. The summed E-state index contributed by atoms with van der Waals surface area (Å²) in [5, 5.41) is 19.4. The van der Waals surface area contributed by atoms with Crippen LogP contribution in [0.4, 0.5) is 34.1 Å². The number of rotatable bonds is 4. The average Bonchev–Trinajstić information content (AvgIpc) is 3.17. The van der Waals surface area contributed by atoms with Crippen molar-refractivity contribution in [2.75, 3.05) is 31.9 Å². The van der Waals surface area contributed by atoms with Crippen molar-refractivity contribution in [3.05, 3.63) is 119 Å². The SMILES string of the molecule is CC(=O)Nc1ccc2c(c1)C(C)=CC(C)(C)N2.CC(=O)Nc1ccc2c(c1)C(C)=CC(C)(C)N2.CC(=O)Oc1ccc2c(c1)C(C)=CC(C)(C)N2.CC(=O)Oc1ccc2c(c1)C(C)=CC(C)(C)N2. The summed E-state index contributed by atoms with van der Waals surface area (Å²) >= 11 is 0. The number of allylic oxidation sites excluding steroid dienone is 4. The van der Waals surface area contributed by atoms with Gasteiger partial charge in [-0.2, -0.15) is 0 Å². The fourth-order valence-corrected chi connectivity index (χ4v) is 8.91. The van der Waals surface area contributed by atoms with Gasteiger partial charge in [0.15, 0.2) is 0 Å². The molecule has 4 aromatic rings. The summed E-state index contributed by atoms with van der Waals surface area (Å²) in [6, 6.07) is 23.2. The highest BCUT2D eigenvalue weighted by Crippen LogP contribution is 2.39. The van der Waals surface area contributed by atoms with E-state index in [9.17, 15) is 19.2 Å². The summed E-state index contributed by atoms with van der Waals surface area (Å²) in [5.74, 6) is 0.494. The van der Waals surface area contributed by atoms with Crippen molar-refractivity contribution in [2.24, 2.45) is 0 Å². The molecule has 4 aliphatic heterocycles. The molecule has 2 amide bonds. The van der Waals surface area contributed by atoms with Gasteiger partial charge in [0.1, 0.15) is 11.5 Å². The molecule has 4 aromatic carbocycles. The zero-order chi connectivity index (χ0) is 50.5. The smallest absolute Gasteiger partial charge is 0.308 e.